The molecule has 0 radical (unpaired) electrons. The smallest absolute Gasteiger partial charge is 0.319 e. The SMILES string of the molecule is CC[C@@]1(c2ccccc2)NC(=O)N(CC(=O)C23CC4CC(CC(C4)C2)C3)C1=O. The summed E-state index contributed by atoms with van der Waals surface area (Å²) in [6, 6.07) is 8.93. The zero-order valence-corrected chi connectivity index (χ0v) is 16.4. The second kappa shape index (κ2) is 6.16. The molecule has 5 fully saturated rings. The van der Waals surface area contributed by atoms with Gasteiger partial charge in [0.15, 0.2) is 5.78 Å². The number of nitrogens with zero attached hydrogens (tertiary/aromatic N) is 1. The lowest BCUT2D eigenvalue weighted by Gasteiger charge is -2.56. The summed E-state index contributed by atoms with van der Waals surface area (Å²) in [4.78, 5) is 40.6. The van der Waals surface area contributed by atoms with E-state index in [1.165, 1.54) is 24.2 Å². The van der Waals surface area contributed by atoms with Crippen molar-refractivity contribution in [3.8, 4) is 0 Å². The molecule has 1 N–H and O–H groups in total. The molecular formula is C23H28N2O3. The second-order valence-electron chi connectivity index (χ2n) is 9.57. The number of benzene rings is 1. The lowest BCUT2D eigenvalue weighted by Crippen LogP contribution is -2.53. The molecule has 1 saturated heterocycles. The number of amides is 3. The van der Waals surface area contributed by atoms with Gasteiger partial charge in [-0.1, -0.05) is 37.3 Å². The molecule has 148 valence electrons. The van der Waals surface area contributed by atoms with Crippen LogP contribution in [0.25, 0.3) is 0 Å². The molecular weight excluding hydrogens is 352 g/mol. The Morgan fingerprint density at radius 1 is 1.04 bits per heavy atom. The van der Waals surface area contributed by atoms with Gasteiger partial charge in [-0.2, -0.15) is 0 Å². The molecule has 6 rings (SSSR count). The lowest BCUT2D eigenvalue weighted by molar-refractivity contribution is -0.147. The average Bonchev–Trinajstić information content (AvgIpc) is 2.93. The topological polar surface area (TPSA) is 66.5 Å². The number of hydrogen-bond donors (Lipinski definition) is 1. The highest BCUT2D eigenvalue weighted by molar-refractivity contribution is 6.10. The Labute approximate surface area is 165 Å². The van der Waals surface area contributed by atoms with E-state index >= 15 is 0 Å². The van der Waals surface area contributed by atoms with Crippen LogP contribution in [0.5, 0.6) is 0 Å². The summed E-state index contributed by atoms with van der Waals surface area (Å²) in [5.41, 5.74) is -0.569. The van der Waals surface area contributed by atoms with Crippen molar-refractivity contribution in [3.05, 3.63) is 35.9 Å². The van der Waals surface area contributed by atoms with E-state index in [0.717, 1.165) is 24.8 Å². The van der Waals surface area contributed by atoms with Crippen molar-refractivity contribution in [2.24, 2.45) is 23.2 Å². The van der Waals surface area contributed by atoms with Crippen LogP contribution in [0.2, 0.25) is 0 Å². The van der Waals surface area contributed by atoms with Crippen molar-refractivity contribution in [2.75, 3.05) is 6.54 Å². The van der Waals surface area contributed by atoms with E-state index in [4.69, 9.17) is 0 Å². The van der Waals surface area contributed by atoms with Gasteiger partial charge in [-0.15, -0.1) is 0 Å². The van der Waals surface area contributed by atoms with E-state index in [0.29, 0.717) is 24.2 Å². The fraction of sp³-hybridized carbons (Fsp3) is 0.609. The predicted molar refractivity (Wildman–Crippen MR) is 104 cm³/mol. The number of carbonyl (C=O) groups excluding carboxylic acids is 3. The first-order chi connectivity index (χ1) is 13.5. The van der Waals surface area contributed by atoms with Crippen molar-refractivity contribution in [1.82, 2.24) is 10.2 Å². The van der Waals surface area contributed by atoms with Gasteiger partial charge in [-0.3, -0.25) is 14.5 Å². The zero-order valence-electron chi connectivity index (χ0n) is 16.4. The molecule has 0 unspecified atom stereocenters. The summed E-state index contributed by atoms with van der Waals surface area (Å²) < 4.78 is 0. The van der Waals surface area contributed by atoms with Crippen LogP contribution in [0.15, 0.2) is 30.3 Å². The number of rotatable bonds is 5. The molecule has 1 aromatic rings. The predicted octanol–water partition coefficient (Wildman–Crippen LogP) is 3.63. The molecule has 28 heavy (non-hydrogen) atoms. The Bertz CT molecular complexity index is 798. The van der Waals surface area contributed by atoms with Crippen LogP contribution in [-0.2, 0) is 15.1 Å². The highest BCUT2D eigenvalue weighted by atomic mass is 16.2. The minimum Gasteiger partial charge on any atom is -0.319 e. The monoisotopic (exact) mass is 380 g/mol. The number of imide groups is 1. The van der Waals surface area contributed by atoms with Crippen LogP contribution in [0.1, 0.15) is 57.4 Å². The molecule has 1 atom stereocenters. The normalized spacial score (nSPS) is 38.8. The molecule has 1 aromatic carbocycles. The lowest BCUT2D eigenvalue weighted by atomic mass is 9.48. The Kier molecular flexibility index (Phi) is 3.94. The molecule has 5 heteroatoms. The van der Waals surface area contributed by atoms with E-state index in [2.05, 4.69) is 5.32 Å². The first kappa shape index (κ1) is 17.9. The molecule has 4 saturated carbocycles. The molecule has 5 aliphatic rings. The van der Waals surface area contributed by atoms with Crippen molar-refractivity contribution in [1.29, 1.82) is 0 Å². The van der Waals surface area contributed by atoms with E-state index in [9.17, 15) is 14.4 Å². The van der Waals surface area contributed by atoms with Gasteiger partial charge in [0.2, 0.25) is 0 Å². The first-order valence-corrected chi connectivity index (χ1v) is 10.7. The number of ketones is 1. The number of nitrogens with one attached hydrogen (secondary N) is 1. The number of Topliss-reactive ketones (excluding diaryl/α,β-unsaturated/α-hetero) is 1. The fourth-order valence-corrected chi connectivity index (χ4v) is 6.90. The van der Waals surface area contributed by atoms with Gasteiger partial charge in [0.05, 0.1) is 6.54 Å². The van der Waals surface area contributed by atoms with Crippen LogP contribution in [0, 0.1) is 23.2 Å². The van der Waals surface area contributed by atoms with Crippen molar-refractivity contribution < 1.29 is 14.4 Å². The third-order valence-corrected chi connectivity index (χ3v) is 7.90. The standard InChI is InChI=1S/C23H28N2O3/c1-2-23(18-6-4-3-5-7-18)20(27)25(21(28)24-23)14-19(26)22-11-15-8-16(12-22)10-17(9-15)13-22/h3-7,15-17H,2,8-14H2,1H3,(H,24,28)/t15?,16?,17?,22?,23-/m0/s1. The van der Waals surface area contributed by atoms with E-state index < -0.39 is 11.6 Å². The average molecular weight is 380 g/mol. The Morgan fingerprint density at radius 2 is 1.61 bits per heavy atom. The van der Waals surface area contributed by atoms with Crippen LogP contribution in [-0.4, -0.2) is 29.2 Å². The van der Waals surface area contributed by atoms with Gasteiger partial charge in [0.25, 0.3) is 5.91 Å². The van der Waals surface area contributed by atoms with Crippen LogP contribution in [0.3, 0.4) is 0 Å². The molecule has 4 bridgehead atoms. The fourth-order valence-electron chi connectivity index (χ4n) is 6.90. The largest absolute Gasteiger partial charge is 0.325 e. The number of hydrogen-bond acceptors (Lipinski definition) is 3. The molecule has 1 aliphatic heterocycles. The maximum Gasteiger partial charge on any atom is 0.325 e. The van der Waals surface area contributed by atoms with E-state index in [1.807, 2.05) is 37.3 Å². The maximum absolute atomic E-state index is 13.4. The first-order valence-electron chi connectivity index (χ1n) is 10.7. The molecule has 0 spiro atoms. The minimum absolute atomic E-state index is 0.0780. The third kappa shape index (κ3) is 2.48. The molecule has 4 aliphatic carbocycles. The van der Waals surface area contributed by atoms with Gasteiger partial charge in [-0.25, -0.2) is 4.79 Å². The summed E-state index contributed by atoms with van der Waals surface area (Å²) in [6.07, 6.45) is 7.13. The number of urea groups is 1. The highest BCUT2D eigenvalue weighted by Gasteiger charge is 2.57. The van der Waals surface area contributed by atoms with Crippen molar-refractivity contribution in [2.45, 2.75) is 57.4 Å². The van der Waals surface area contributed by atoms with Gasteiger partial charge in [-0.05, 0) is 68.3 Å². The summed E-state index contributed by atoms with van der Waals surface area (Å²) in [5, 5.41) is 2.90. The van der Waals surface area contributed by atoms with Gasteiger partial charge in [0, 0.05) is 5.41 Å². The Morgan fingerprint density at radius 3 is 2.14 bits per heavy atom. The highest BCUT2D eigenvalue weighted by Crippen LogP contribution is 2.60. The molecule has 1 heterocycles. The van der Waals surface area contributed by atoms with Crippen LogP contribution < -0.4 is 5.32 Å². The number of carbonyl (C=O) groups is 3. The van der Waals surface area contributed by atoms with Crippen LogP contribution >= 0.6 is 0 Å². The van der Waals surface area contributed by atoms with Crippen molar-refractivity contribution in [3.63, 3.8) is 0 Å². The summed E-state index contributed by atoms with van der Waals surface area (Å²) in [7, 11) is 0. The zero-order chi connectivity index (χ0) is 19.5. The van der Waals surface area contributed by atoms with E-state index in [-0.39, 0.29) is 23.7 Å². The minimum atomic E-state index is -1.06. The molecule has 3 amide bonds. The summed E-state index contributed by atoms with van der Waals surface area (Å²) in [6.45, 7) is 1.82. The van der Waals surface area contributed by atoms with Crippen LogP contribution in [0.4, 0.5) is 4.79 Å². The Hall–Kier alpha value is -2.17. The third-order valence-electron chi connectivity index (χ3n) is 7.90. The quantitative estimate of drug-likeness (QED) is 0.793. The summed E-state index contributed by atoms with van der Waals surface area (Å²) in [5.74, 6) is 1.81. The maximum atomic E-state index is 13.4. The van der Waals surface area contributed by atoms with E-state index in [1.54, 1.807) is 0 Å². The molecule has 0 aromatic heterocycles. The second-order valence-corrected chi connectivity index (χ2v) is 9.57. The van der Waals surface area contributed by atoms with Crippen molar-refractivity contribution >= 4 is 17.7 Å². The summed E-state index contributed by atoms with van der Waals surface area (Å²) >= 11 is 0. The molecule has 5 nitrogen and oxygen atoms in total. The van der Waals surface area contributed by atoms with Gasteiger partial charge in [0.1, 0.15) is 5.54 Å². The van der Waals surface area contributed by atoms with Gasteiger partial charge < -0.3 is 5.32 Å². The Balaban J connectivity index is 1.39. The van der Waals surface area contributed by atoms with Gasteiger partial charge >= 0.3 is 6.03 Å².